The molecule has 0 bridgehead atoms. The molecule has 0 radical (unpaired) electrons. The molecule has 3 rings (SSSR count). The lowest BCUT2D eigenvalue weighted by Crippen LogP contribution is -2.42. The van der Waals surface area contributed by atoms with Crippen molar-refractivity contribution in [1.82, 2.24) is 4.98 Å². The molecule has 0 saturated heterocycles. The van der Waals surface area contributed by atoms with E-state index in [2.05, 4.69) is 11.9 Å². The number of esters is 1. The van der Waals surface area contributed by atoms with Gasteiger partial charge < -0.3 is 14.2 Å². The Hall–Kier alpha value is -2.45. The largest absolute Gasteiger partial charge is 0.482 e. The van der Waals surface area contributed by atoms with Crippen LogP contribution in [0.2, 0.25) is 0 Å². The second-order valence-corrected chi connectivity index (χ2v) is 7.69. The summed E-state index contributed by atoms with van der Waals surface area (Å²) in [5.41, 5.74) is 2.25. The molecule has 1 aromatic carbocycles. The molecule has 1 aliphatic rings. The van der Waals surface area contributed by atoms with Crippen molar-refractivity contribution in [3.05, 3.63) is 28.6 Å². The number of hydrogen-bond acceptors (Lipinski definition) is 7. The first-order valence-electron chi connectivity index (χ1n) is 9.79. The summed E-state index contributed by atoms with van der Waals surface area (Å²) in [6.07, 6.45) is 3.65. The Balaban J connectivity index is 1.75. The van der Waals surface area contributed by atoms with Gasteiger partial charge in [0.05, 0.1) is 29.6 Å². The number of carbonyl (C=O) groups excluding carboxylic acids is 2. The first kappa shape index (κ1) is 21.3. The lowest BCUT2D eigenvalue weighted by Gasteiger charge is -2.29. The van der Waals surface area contributed by atoms with E-state index in [0.29, 0.717) is 24.7 Å². The Kier molecular flexibility index (Phi) is 7.60. The van der Waals surface area contributed by atoms with Crippen LogP contribution in [0.5, 0.6) is 5.75 Å². The van der Waals surface area contributed by atoms with Gasteiger partial charge in [-0.3, -0.25) is 14.5 Å². The van der Waals surface area contributed by atoms with Crippen LogP contribution in [0.3, 0.4) is 0 Å². The molecule has 0 fully saturated rings. The third-order valence-electron chi connectivity index (χ3n) is 4.57. The van der Waals surface area contributed by atoms with Crippen molar-refractivity contribution < 1.29 is 23.8 Å². The minimum Gasteiger partial charge on any atom is -0.482 e. The van der Waals surface area contributed by atoms with Gasteiger partial charge in [0, 0.05) is 24.5 Å². The number of benzene rings is 1. The summed E-state index contributed by atoms with van der Waals surface area (Å²) in [4.78, 5) is 30.7. The van der Waals surface area contributed by atoms with Gasteiger partial charge in [0.1, 0.15) is 12.3 Å². The minimum absolute atomic E-state index is 0.0900. The standard InChI is InChI=1S/C21H26N2O5S/c1-3-4-5-9-27-21(25)12-23-17-11-15(6-7-18(17)28-13-20(23)24)16-14-29-19(22-16)8-10-26-2/h6-7,11,14H,3-5,8-10,12-13H2,1-2H3. The fraction of sp³-hybridized carbons (Fsp3) is 0.476. The molecule has 0 spiro atoms. The quantitative estimate of drug-likeness (QED) is 0.434. The van der Waals surface area contributed by atoms with Crippen LogP contribution in [0.1, 0.15) is 31.2 Å². The molecule has 8 heteroatoms. The molecule has 2 heterocycles. The van der Waals surface area contributed by atoms with E-state index in [9.17, 15) is 9.59 Å². The Morgan fingerprint density at radius 2 is 2.17 bits per heavy atom. The van der Waals surface area contributed by atoms with Gasteiger partial charge in [0.15, 0.2) is 6.61 Å². The lowest BCUT2D eigenvalue weighted by molar-refractivity contribution is -0.143. The summed E-state index contributed by atoms with van der Waals surface area (Å²) in [7, 11) is 1.67. The van der Waals surface area contributed by atoms with Crippen molar-refractivity contribution in [2.45, 2.75) is 32.6 Å². The molecule has 0 atom stereocenters. The second-order valence-electron chi connectivity index (χ2n) is 6.75. The lowest BCUT2D eigenvalue weighted by atomic mass is 10.1. The minimum atomic E-state index is -0.414. The number of carbonyl (C=O) groups is 2. The van der Waals surface area contributed by atoms with E-state index < -0.39 is 5.97 Å². The van der Waals surface area contributed by atoms with Crippen LogP contribution in [0.25, 0.3) is 11.3 Å². The van der Waals surface area contributed by atoms with Gasteiger partial charge in [-0.25, -0.2) is 4.98 Å². The number of nitrogens with zero attached hydrogens (tertiary/aromatic N) is 2. The number of unbranched alkanes of at least 4 members (excludes halogenated alkanes) is 2. The summed E-state index contributed by atoms with van der Waals surface area (Å²) in [6.45, 7) is 2.87. The molecular formula is C21H26N2O5S. The maximum atomic E-state index is 12.4. The molecule has 29 heavy (non-hydrogen) atoms. The average molecular weight is 419 g/mol. The molecule has 2 aromatic rings. The van der Waals surface area contributed by atoms with Gasteiger partial charge in [-0.05, 0) is 24.6 Å². The van der Waals surface area contributed by atoms with E-state index in [0.717, 1.165) is 41.9 Å². The maximum absolute atomic E-state index is 12.4. The maximum Gasteiger partial charge on any atom is 0.326 e. The van der Waals surface area contributed by atoms with Crippen molar-refractivity contribution in [3.8, 4) is 17.0 Å². The van der Waals surface area contributed by atoms with Gasteiger partial charge in [-0.15, -0.1) is 11.3 Å². The smallest absolute Gasteiger partial charge is 0.326 e. The highest BCUT2D eigenvalue weighted by Gasteiger charge is 2.28. The zero-order chi connectivity index (χ0) is 20.6. The Bertz CT molecular complexity index is 851. The van der Waals surface area contributed by atoms with Gasteiger partial charge in [-0.2, -0.15) is 0 Å². The zero-order valence-electron chi connectivity index (χ0n) is 16.8. The van der Waals surface area contributed by atoms with E-state index in [1.807, 2.05) is 23.6 Å². The monoisotopic (exact) mass is 418 g/mol. The van der Waals surface area contributed by atoms with Crippen LogP contribution in [0.4, 0.5) is 5.69 Å². The predicted octanol–water partition coefficient (Wildman–Crippen LogP) is 3.46. The SMILES string of the molecule is CCCCCOC(=O)CN1C(=O)COc2ccc(-c3csc(CCOC)n3)cc21. The molecular weight excluding hydrogens is 392 g/mol. The van der Waals surface area contributed by atoms with Gasteiger partial charge in [-0.1, -0.05) is 19.8 Å². The van der Waals surface area contributed by atoms with E-state index >= 15 is 0 Å². The van der Waals surface area contributed by atoms with Gasteiger partial charge >= 0.3 is 5.97 Å². The number of hydrogen-bond donors (Lipinski definition) is 0. The molecule has 7 nitrogen and oxygen atoms in total. The van der Waals surface area contributed by atoms with Crippen LogP contribution < -0.4 is 9.64 Å². The second kappa shape index (κ2) is 10.4. The van der Waals surface area contributed by atoms with Crippen molar-refractivity contribution in [3.63, 3.8) is 0 Å². The molecule has 1 amide bonds. The van der Waals surface area contributed by atoms with Crippen molar-refractivity contribution >= 4 is 28.9 Å². The molecule has 1 aliphatic heterocycles. The molecule has 0 saturated carbocycles. The normalized spacial score (nSPS) is 13.2. The summed E-state index contributed by atoms with van der Waals surface area (Å²) in [5, 5.41) is 2.96. The van der Waals surface area contributed by atoms with Crippen LogP contribution in [0, 0.1) is 0 Å². The number of anilines is 1. The van der Waals surface area contributed by atoms with Gasteiger partial charge in [0.2, 0.25) is 0 Å². The molecule has 0 N–H and O–H groups in total. The number of methoxy groups -OCH3 is 1. The fourth-order valence-electron chi connectivity index (χ4n) is 3.00. The van der Waals surface area contributed by atoms with Crippen LogP contribution in [-0.4, -0.2) is 50.3 Å². The molecule has 0 aliphatic carbocycles. The predicted molar refractivity (Wildman–Crippen MR) is 111 cm³/mol. The summed E-state index contributed by atoms with van der Waals surface area (Å²) < 4.78 is 15.9. The highest BCUT2D eigenvalue weighted by molar-refractivity contribution is 7.09. The van der Waals surface area contributed by atoms with Crippen molar-refractivity contribution in [2.75, 3.05) is 38.4 Å². The first-order chi connectivity index (χ1) is 14.1. The number of fused-ring (bicyclic) bond motifs is 1. The average Bonchev–Trinajstić information content (AvgIpc) is 3.20. The first-order valence-corrected chi connectivity index (χ1v) is 10.7. The number of thiazole rings is 1. The van der Waals surface area contributed by atoms with E-state index in [-0.39, 0.29) is 19.1 Å². The number of aromatic nitrogens is 1. The Morgan fingerprint density at radius 1 is 1.31 bits per heavy atom. The molecule has 0 unspecified atom stereocenters. The van der Waals surface area contributed by atoms with Crippen LogP contribution in [0.15, 0.2) is 23.6 Å². The highest BCUT2D eigenvalue weighted by atomic mass is 32.1. The zero-order valence-corrected chi connectivity index (χ0v) is 17.6. The van der Waals surface area contributed by atoms with E-state index in [4.69, 9.17) is 14.2 Å². The van der Waals surface area contributed by atoms with Crippen molar-refractivity contribution in [1.29, 1.82) is 0 Å². The van der Waals surface area contributed by atoms with Crippen LogP contribution in [-0.2, 0) is 25.5 Å². The summed E-state index contributed by atoms with van der Waals surface area (Å²) in [5.74, 6) is -0.107. The molecule has 156 valence electrons. The highest BCUT2D eigenvalue weighted by Crippen LogP contribution is 2.36. The third kappa shape index (κ3) is 5.55. The van der Waals surface area contributed by atoms with Crippen molar-refractivity contribution in [2.24, 2.45) is 0 Å². The van der Waals surface area contributed by atoms with Crippen LogP contribution >= 0.6 is 11.3 Å². The number of amides is 1. The van der Waals surface area contributed by atoms with E-state index in [1.54, 1.807) is 18.4 Å². The summed E-state index contributed by atoms with van der Waals surface area (Å²) in [6, 6.07) is 5.56. The number of rotatable bonds is 10. The fourth-order valence-corrected chi connectivity index (χ4v) is 3.78. The topological polar surface area (TPSA) is 78.0 Å². The molecule has 1 aromatic heterocycles. The third-order valence-corrected chi connectivity index (χ3v) is 5.48. The Morgan fingerprint density at radius 3 is 2.97 bits per heavy atom. The Labute approximate surface area is 174 Å². The summed E-state index contributed by atoms with van der Waals surface area (Å²) >= 11 is 1.57. The van der Waals surface area contributed by atoms with E-state index in [1.165, 1.54) is 4.90 Å². The van der Waals surface area contributed by atoms with Gasteiger partial charge in [0.25, 0.3) is 5.91 Å². The number of ether oxygens (including phenoxy) is 3.